The van der Waals surface area contributed by atoms with Crippen molar-refractivity contribution in [2.75, 3.05) is 27.3 Å². The van der Waals surface area contributed by atoms with Gasteiger partial charge in [0.25, 0.3) is 0 Å². The molecule has 1 atom stereocenters. The number of hydrogen-bond acceptors (Lipinski definition) is 4. The first-order chi connectivity index (χ1) is 10.1. The summed E-state index contributed by atoms with van der Waals surface area (Å²) >= 11 is 0. The van der Waals surface area contributed by atoms with Gasteiger partial charge in [-0.3, -0.25) is 4.79 Å². The van der Waals surface area contributed by atoms with Crippen molar-refractivity contribution < 1.29 is 14.3 Å². The van der Waals surface area contributed by atoms with Crippen molar-refractivity contribution in [3.8, 4) is 5.75 Å². The molecule has 0 saturated carbocycles. The third kappa shape index (κ3) is 6.63. The van der Waals surface area contributed by atoms with E-state index < -0.39 is 0 Å². The lowest BCUT2D eigenvalue weighted by Crippen LogP contribution is -2.32. The van der Waals surface area contributed by atoms with Crippen molar-refractivity contribution in [1.82, 2.24) is 4.90 Å². The first kappa shape index (κ1) is 17.5. The summed E-state index contributed by atoms with van der Waals surface area (Å²) in [6.45, 7) is 5.40. The molecular formula is C17H27NO3. The molecule has 4 heteroatoms. The molecule has 0 bridgehead atoms. The van der Waals surface area contributed by atoms with Crippen LogP contribution in [0.4, 0.5) is 0 Å². The molecule has 0 aliphatic heterocycles. The Kier molecular flexibility index (Phi) is 7.83. The second kappa shape index (κ2) is 9.40. The third-order valence-electron chi connectivity index (χ3n) is 3.64. The molecule has 0 saturated heterocycles. The van der Waals surface area contributed by atoms with E-state index in [9.17, 15) is 4.79 Å². The Bertz CT molecular complexity index is 417. The highest BCUT2D eigenvalue weighted by atomic mass is 16.5. The molecule has 0 aromatic heterocycles. The predicted molar refractivity (Wildman–Crippen MR) is 84.7 cm³/mol. The number of rotatable bonds is 9. The molecule has 0 aliphatic carbocycles. The Morgan fingerprint density at radius 1 is 1.29 bits per heavy atom. The lowest BCUT2D eigenvalue weighted by atomic mass is 10.1. The van der Waals surface area contributed by atoms with Gasteiger partial charge in [-0.25, -0.2) is 0 Å². The maximum absolute atomic E-state index is 11.3. The summed E-state index contributed by atoms with van der Waals surface area (Å²) in [7, 11) is 3.77. The van der Waals surface area contributed by atoms with Crippen LogP contribution in [0, 0.1) is 0 Å². The summed E-state index contributed by atoms with van der Waals surface area (Å²) in [6, 6.07) is 8.61. The van der Waals surface area contributed by atoms with Crippen molar-refractivity contribution in [1.29, 1.82) is 0 Å². The van der Waals surface area contributed by atoms with Gasteiger partial charge >= 0.3 is 5.97 Å². The first-order valence-electron chi connectivity index (χ1n) is 7.55. The summed E-state index contributed by atoms with van der Waals surface area (Å²) < 4.78 is 10.1. The molecule has 0 amide bonds. The van der Waals surface area contributed by atoms with Gasteiger partial charge in [0.15, 0.2) is 0 Å². The first-order valence-corrected chi connectivity index (χ1v) is 7.55. The topological polar surface area (TPSA) is 38.8 Å². The van der Waals surface area contributed by atoms with Gasteiger partial charge in [0.1, 0.15) is 5.75 Å². The zero-order chi connectivity index (χ0) is 15.7. The number of carbonyl (C=O) groups excluding carboxylic acids is 1. The van der Waals surface area contributed by atoms with Crippen LogP contribution in [0.2, 0.25) is 0 Å². The predicted octanol–water partition coefficient (Wildman–Crippen LogP) is 2.90. The van der Waals surface area contributed by atoms with Crippen molar-refractivity contribution in [3.63, 3.8) is 0 Å². The molecule has 0 fully saturated rings. The van der Waals surface area contributed by atoms with Gasteiger partial charge in [-0.2, -0.15) is 0 Å². The minimum absolute atomic E-state index is 0.103. The molecule has 118 valence electrons. The maximum atomic E-state index is 11.3. The van der Waals surface area contributed by atoms with Crippen molar-refractivity contribution >= 4 is 5.97 Å². The van der Waals surface area contributed by atoms with Gasteiger partial charge in [-0.05, 0) is 58.0 Å². The largest absolute Gasteiger partial charge is 0.497 e. The second-order valence-electron chi connectivity index (χ2n) is 5.29. The van der Waals surface area contributed by atoms with Crippen LogP contribution < -0.4 is 4.74 Å². The molecule has 1 rings (SSSR count). The Hall–Kier alpha value is -1.55. The highest BCUT2D eigenvalue weighted by Crippen LogP contribution is 2.14. The summed E-state index contributed by atoms with van der Waals surface area (Å²) in [4.78, 5) is 13.6. The highest BCUT2D eigenvalue weighted by molar-refractivity contribution is 5.69. The van der Waals surface area contributed by atoms with E-state index in [1.807, 2.05) is 19.1 Å². The molecule has 0 radical (unpaired) electrons. The van der Waals surface area contributed by atoms with Crippen molar-refractivity contribution in [2.45, 2.75) is 39.2 Å². The van der Waals surface area contributed by atoms with E-state index in [2.05, 4.69) is 31.0 Å². The number of nitrogens with zero attached hydrogens (tertiary/aromatic N) is 1. The average Bonchev–Trinajstić information content (AvgIpc) is 2.48. The van der Waals surface area contributed by atoms with Crippen LogP contribution >= 0.6 is 0 Å². The second-order valence-corrected chi connectivity index (χ2v) is 5.29. The highest BCUT2D eigenvalue weighted by Gasteiger charge is 2.11. The molecule has 4 nitrogen and oxygen atoms in total. The summed E-state index contributed by atoms with van der Waals surface area (Å²) in [5, 5.41) is 0. The smallest absolute Gasteiger partial charge is 0.305 e. The van der Waals surface area contributed by atoms with E-state index in [4.69, 9.17) is 9.47 Å². The number of esters is 1. The van der Waals surface area contributed by atoms with Gasteiger partial charge in [0.2, 0.25) is 0 Å². The minimum Gasteiger partial charge on any atom is -0.497 e. The molecule has 1 aromatic carbocycles. The van der Waals surface area contributed by atoms with E-state index in [-0.39, 0.29) is 5.97 Å². The molecule has 0 N–H and O–H groups in total. The van der Waals surface area contributed by atoms with Gasteiger partial charge in [-0.1, -0.05) is 12.1 Å². The SMILES string of the molecule is CCOC(=O)CCCN(C)C(C)Cc1ccc(OC)cc1. The fourth-order valence-corrected chi connectivity index (χ4v) is 2.18. The number of benzene rings is 1. The lowest BCUT2D eigenvalue weighted by Gasteiger charge is -2.24. The Labute approximate surface area is 128 Å². The van der Waals surface area contributed by atoms with Crippen LogP contribution in [0.25, 0.3) is 0 Å². The molecular weight excluding hydrogens is 266 g/mol. The average molecular weight is 293 g/mol. The lowest BCUT2D eigenvalue weighted by molar-refractivity contribution is -0.143. The maximum Gasteiger partial charge on any atom is 0.305 e. The van der Waals surface area contributed by atoms with Crippen LogP contribution in [0.3, 0.4) is 0 Å². The van der Waals surface area contributed by atoms with Crippen LogP contribution in [0.1, 0.15) is 32.3 Å². The Balaban J connectivity index is 2.32. The normalized spacial score (nSPS) is 12.2. The minimum atomic E-state index is -0.103. The van der Waals surface area contributed by atoms with Crippen LogP contribution in [-0.4, -0.2) is 44.2 Å². The van der Waals surface area contributed by atoms with E-state index in [0.717, 1.165) is 25.1 Å². The number of likely N-dealkylation sites (N-methyl/N-ethyl adjacent to an activating group) is 1. The van der Waals surface area contributed by atoms with Crippen LogP contribution in [0.5, 0.6) is 5.75 Å². The van der Waals surface area contributed by atoms with Gasteiger partial charge in [0.05, 0.1) is 13.7 Å². The summed E-state index contributed by atoms with van der Waals surface area (Å²) in [5.41, 5.74) is 1.29. The molecule has 1 unspecified atom stereocenters. The van der Waals surface area contributed by atoms with Crippen molar-refractivity contribution in [2.24, 2.45) is 0 Å². The van der Waals surface area contributed by atoms with E-state index in [1.165, 1.54) is 5.56 Å². The van der Waals surface area contributed by atoms with Gasteiger partial charge < -0.3 is 14.4 Å². The number of ether oxygens (including phenoxy) is 2. The molecule has 0 spiro atoms. The molecule has 0 heterocycles. The number of methoxy groups -OCH3 is 1. The number of hydrogen-bond donors (Lipinski definition) is 0. The summed E-state index contributed by atoms with van der Waals surface area (Å²) in [5.74, 6) is 0.780. The number of carbonyl (C=O) groups is 1. The zero-order valence-corrected chi connectivity index (χ0v) is 13.6. The Morgan fingerprint density at radius 2 is 1.95 bits per heavy atom. The standard InChI is InChI=1S/C17H27NO3/c1-5-21-17(19)7-6-12-18(3)14(2)13-15-8-10-16(20-4)11-9-15/h8-11,14H,5-7,12-13H2,1-4H3. The zero-order valence-electron chi connectivity index (χ0n) is 13.6. The van der Waals surface area contributed by atoms with E-state index in [0.29, 0.717) is 19.1 Å². The van der Waals surface area contributed by atoms with Crippen LogP contribution in [0.15, 0.2) is 24.3 Å². The fraction of sp³-hybridized carbons (Fsp3) is 0.588. The Morgan fingerprint density at radius 3 is 2.52 bits per heavy atom. The van der Waals surface area contributed by atoms with Crippen LogP contribution in [-0.2, 0) is 16.0 Å². The molecule has 0 aliphatic rings. The van der Waals surface area contributed by atoms with Gasteiger partial charge in [-0.15, -0.1) is 0 Å². The van der Waals surface area contributed by atoms with Crippen molar-refractivity contribution in [3.05, 3.63) is 29.8 Å². The fourth-order valence-electron chi connectivity index (χ4n) is 2.18. The third-order valence-corrected chi connectivity index (χ3v) is 3.64. The van der Waals surface area contributed by atoms with E-state index >= 15 is 0 Å². The monoisotopic (exact) mass is 293 g/mol. The van der Waals surface area contributed by atoms with Gasteiger partial charge in [0, 0.05) is 12.5 Å². The molecule has 21 heavy (non-hydrogen) atoms. The quantitative estimate of drug-likeness (QED) is 0.656. The summed E-state index contributed by atoms with van der Waals surface area (Å²) in [6.07, 6.45) is 2.32. The van der Waals surface area contributed by atoms with E-state index in [1.54, 1.807) is 7.11 Å². The molecule has 1 aromatic rings.